The van der Waals surface area contributed by atoms with Crippen LogP contribution in [0.3, 0.4) is 0 Å². The molecule has 1 rings (SSSR count). The fourth-order valence-corrected chi connectivity index (χ4v) is 2.15. The largest absolute Gasteiger partial charge is 0.460 e. The molecule has 0 aromatic rings. The highest BCUT2D eigenvalue weighted by molar-refractivity contribution is 14.1. The van der Waals surface area contributed by atoms with Crippen molar-refractivity contribution in [2.75, 3.05) is 11.0 Å². The van der Waals surface area contributed by atoms with Crippen LogP contribution in [-0.4, -0.2) is 29.2 Å². The van der Waals surface area contributed by atoms with E-state index in [-0.39, 0.29) is 18.2 Å². The fraction of sp³-hybridized carbons (Fsp3) is 0.889. The summed E-state index contributed by atoms with van der Waals surface area (Å²) in [5.74, 6) is -0.200. The molecule has 0 unspecified atom stereocenters. The van der Waals surface area contributed by atoms with Gasteiger partial charge in [0.1, 0.15) is 6.10 Å². The zero-order chi connectivity index (χ0) is 9.68. The van der Waals surface area contributed by atoms with E-state index in [9.17, 15) is 4.79 Å². The van der Waals surface area contributed by atoms with Gasteiger partial charge in [-0.25, -0.2) is 0 Å². The van der Waals surface area contributed by atoms with E-state index in [0.29, 0.717) is 0 Å². The van der Waals surface area contributed by atoms with Crippen molar-refractivity contribution in [1.82, 2.24) is 0 Å². The molecule has 1 aliphatic rings. The van der Waals surface area contributed by atoms with Gasteiger partial charge in [0.2, 0.25) is 0 Å². The van der Waals surface area contributed by atoms with Crippen LogP contribution in [0.5, 0.6) is 0 Å². The molecule has 0 saturated carbocycles. The average Bonchev–Trinajstić information content (AvgIpc) is 2.08. The first-order valence-electron chi connectivity index (χ1n) is 4.59. The Morgan fingerprint density at radius 3 is 3.08 bits per heavy atom. The highest BCUT2D eigenvalue weighted by Crippen LogP contribution is 2.20. The number of carbonyl (C=O) groups excluding carboxylic acids is 1. The Morgan fingerprint density at radius 1 is 1.69 bits per heavy atom. The second-order valence-corrected chi connectivity index (χ2v) is 4.26. The molecular formula is C9H15IO3. The van der Waals surface area contributed by atoms with Gasteiger partial charge in [-0.15, -0.1) is 0 Å². The lowest BCUT2D eigenvalue weighted by molar-refractivity contribution is -0.161. The number of esters is 1. The molecule has 1 fully saturated rings. The molecule has 0 N–H and O–H groups in total. The minimum Gasteiger partial charge on any atom is -0.460 e. The number of alkyl halides is 1. The number of carbonyl (C=O) groups is 1. The summed E-state index contributed by atoms with van der Waals surface area (Å²) in [5.41, 5.74) is 0. The minimum absolute atomic E-state index is 0.0129. The van der Waals surface area contributed by atoms with Gasteiger partial charge in [0.25, 0.3) is 0 Å². The summed E-state index contributed by atoms with van der Waals surface area (Å²) in [7, 11) is 0. The van der Waals surface area contributed by atoms with Crippen molar-refractivity contribution in [2.24, 2.45) is 0 Å². The number of hydrogen-bond acceptors (Lipinski definition) is 3. The molecule has 0 amide bonds. The molecular weight excluding hydrogens is 283 g/mol. The Morgan fingerprint density at radius 2 is 2.46 bits per heavy atom. The van der Waals surface area contributed by atoms with Crippen molar-refractivity contribution < 1.29 is 14.3 Å². The first-order chi connectivity index (χ1) is 6.24. The van der Waals surface area contributed by atoms with Crippen molar-refractivity contribution in [3.8, 4) is 0 Å². The second-order valence-electron chi connectivity index (χ2n) is 3.18. The number of halogens is 1. The van der Waals surface area contributed by atoms with Crippen molar-refractivity contribution in [3.63, 3.8) is 0 Å². The van der Waals surface area contributed by atoms with Gasteiger partial charge in [-0.05, 0) is 19.3 Å². The first kappa shape index (κ1) is 11.2. The molecule has 2 atom stereocenters. The monoisotopic (exact) mass is 298 g/mol. The van der Waals surface area contributed by atoms with Crippen molar-refractivity contribution >= 4 is 28.6 Å². The van der Waals surface area contributed by atoms with Crippen LogP contribution in [-0.2, 0) is 14.3 Å². The van der Waals surface area contributed by atoms with Gasteiger partial charge < -0.3 is 9.47 Å². The Balaban J connectivity index is 2.41. The molecule has 0 aromatic heterocycles. The van der Waals surface area contributed by atoms with Gasteiger partial charge in [0.05, 0.1) is 6.10 Å². The third-order valence-corrected chi connectivity index (χ3v) is 2.71. The van der Waals surface area contributed by atoms with E-state index in [1.54, 1.807) is 0 Å². The maximum atomic E-state index is 10.8. The molecule has 1 heterocycles. The van der Waals surface area contributed by atoms with Crippen LogP contribution in [0.2, 0.25) is 0 Å². The second kappa shape index (κ2) is 5.80. The van der Waals surface area contributed by atoms with Gasteiger partial charge in [-0.3, -0.25) is 4.79 Å². The van der Waals surface area contributed by atoms with Gasteiger partial charge >= 0.3 is 5.97 Å². The Bertz CT molecular complexity index is 170. The average molecular weight is 298 g/mol. The molecule has 3 nitrogen and oxygen atoms in total. The predicted molar refractivity (Wildman–Crippen MR) is 58.0 cm³/mol. The van der Waals surface area contributed by atoms with E-state index in [4.69, 9.17) is 9.47 Å². The summed E-state index contributed by atoms with van der Waals surface area (Å²) in [6, 6.07) is 0. The zero-order valence-electron chi connectivity index (χ0n) is 7.79. The molecule has 0 bridgehead atoms. The van der Waals surface area contributed by atoms with E-state index in [2.05, 4.69) is 22.6 Å². The lowest BCUT2D eigenvalue weighted by atomic mass is 10.0. The topological polar surface area (TPSA) is 35.5 Å². The Kier molecular flexibility index (Phi) is 5.01. The van der Waals surface area contributed by atoms with Crippen LogP contribution in [0.1, 0.15) is 26.2 Å². The van der Waals surface area contributed by atoms with Crippen LogP contribution in [0.15, 0.2) is 0 Å². The number of rotatable bonds is 3. The smallest absolute Gasteiger partial charge is 0.302 e. The van der Waals surface area contributed by atoms with E-state index < -0.39 is 0 Å². The van der Waals surface area contributed by atoms with Crippen molar-refractivity contribution in [3.05, 3.63) is 0 Å². The van der Waals surface area contributed by atoms with E-state index >= 15 is 0 Å². The molecule has 1 saturated heterocycles. The zero-order valence-corrected chi connectivity index (χ0v) is 9.95. The minimum atomic E-state index is -0.200. The van der Waals surface area contributed by atoms with Crippen LogP contribution < -0.4 is 0 Å². The van der Waals surface area contributed by atoms with E-state index in [1.807, 2.05) is 0 Å². The van der Waals surface area contributed by atoms with E-state index in [0.717, 1.165) is 30.3 Å². The Labute approximate surface area is 92.3 Å². The first-order valence-corrected chi connectivity index (χ1v) is 6.11. The third kappa shape index (κ3) is 3.81. The summed E-state index contributed by atoms with van der Waals surface area (Å²) in [4.78, 5) is 10.8. The summed E-state index contributed by atoms with van der Waals surface area (Å²) < 4.78 is 11.8. The van der Waals surface area contributed by atoms with Crippen LogP contribution in [0.25, 0.3) is 0 Å². The number of ether oxygens (including phenoxy) is 2. The maximum absolute atomic E-state index is 10.8. The number of hydrogen-bond donors (Lipinski definition) is 0. The quantitative estimate of drug-likeness (QED) is 0.454. The maximum Gasteiger partial charge on any atom is 0.302 e. The van der Waals surface area contributed by atoms with Gasteiger partial charge in [-0.2, -0.15) is 0 Å². The predicted octanol–water partition coefficient (Wildman–Crippen LogP) is 1.92. The lowest BCUT2D eigenvalue weighted by Gasteiger charge is -2.30. The Hall–Kier alpha value is 0.160. The normalized spacial score (nSPS) is 28.5. The molecule has 0 radical (unpaired) electrons. The third-order valence-electron chi connectivity index (χ3n) is 2.09. The van der Waals surface area contributed by atoms with Crippen molar-refractivity contribution in [1.29, 1.82) is 0 Å². The van der Waals surface area contributed by atoms with Crippen LogP contribution >= 0.6 is 22.6 Å². The van der Waals surface area contributed by atoms with E-state index in [1.165, 1.54) is 6.92 Å². The fourth-order valence-electron chi connectivity index (χ4n) is 1.54. The molecule has 0 aromatic carbocycles. The van der Waals surface area contributed by atoms with Gasteiger partial charge in [0.15, 0.2) is 0 Å². The summed E-state index contributed by atoms with van der Waals surface area (Å²) in [6.07, 6.45) is 3.02. The molecule has 13 heavy (non-hydrogen) atoms. The van der Waals surface area contributed by atoms with Crippen LogP contribution in [0.4, 0.5) is 0 Å². The highest BCUT2D eigenvalue weighted by atomic mass is 127. The highest BCUT2D eigenvalue weighted by Gasteiger charge is 2.27. The summed E-state index contributed by atoms with van der Waals surface area (Å²) in [6.45, 7) is 2.26. The SMILES string of the molecule is CC(=O)O[C@H]1CCCO[C@@H]1CCI. The molecule has 0 spiro atoms. The molecule has 76 valence electrons. The standard InChI is InChI=1S/C9H15IO3/c1-7(11)13-9-3-2-6-12-8(9)4-5-10/h8-9H,2-6H2,1H3/t8-,9+/m1/s1. The van der Waals surface area contributed by atoms with Gasteiger partial charge in [0, 0.05) is 18.0 Å². The summed E-state index contributed by atoms with van der Waals surface area (Å²) >= 11 is 2.31. The molecule has 4 heteroatoms. The molecule has 1 aliphatic heterocycles. The summed E-state index contributed by atoms with van der Waals surface area (Å²) in [5, 5.41) is 0. The van der Waals surface area contributed by atoms with Crippen LogP contribution in [0, 0.1) is 0 Å². The van der Waals surface area contributed by atoms with Crippen molar-refractivity contribution in [2.45, 2.75) is 38.4 Å². The lowest BCUT2D eigenvalue weighted by Crippen LogP contribution is -2.37. The molecule has 0 aliphatic carbocycles. The van der Waals surface area contributed by atoms with Gasteiger partial charge in [-0.1, -0.05) is 22.6 Å².